The summed E-state index contributed by atoms with van der Waals surface area (Å²) in [6.07, 6.45) is 16.6. The molecule has 0 aromatic heterocycles. The summed E-state index contributed by atoms with van der Waals surface area (Å²) < 4.78 is 0. The standard InChI is InChI=1S/C21H31N2/c1-3-5-6-7-8-9-10-11-18(4-2)19-12-14-20(15-13-19)21-22-16-17-23-21/h12-18H,3-11H2,1-2H3/q+1. The van der Waals surface area contributed by atoms with Crippen molar-refractivity contribution >= 4 is 12.4 Å². The van der Waals surface area contributed by atoms with Crippen molar-refractivity contribution in [3.63, 3.8) is 0 Å². The molecule has 0 saturated carbocycles. The minimum atomic E-state index is 0.695. The van der Waals surface area contributed by atoms with E-state index in [1.165, 1.54) is 63.4 Å². The number of unbranched alkanes of at least 4 members (excludes halogenated alkanes) is 6. The summed E-state index contributed by atoms with van der Waals surface area (Å²) in [5, 5.41) is 0. The Labute approximate surface area is 142 Å². The van der Waals surface area contributed by atoms with Crippen LogP contribution in [0.3, 0.4) is 0 Å². The monoisotopic (exact) mass is 311 g/mol. The second kappa shape index (κ2) is 10.3. The van der Waals surface area contributed by atoms with Gasteiger partial charge in [0, 0.05) is 12.1 Å². The van der Waals surface area contributed by atoms with E-state index in [1.54, 1.807) is 12.4 Å². The Bertz CT molecular complexity index is 475. The van der Waals surface area contributed by atoms with Gasteiger partial charge in [0.15, 0.2) is 0 Å². The van der Waals surface area contributed by atoms with Crippen LogP contribution in [0.4, 0.5) is 0 Å². The van der Waals surface area contributed by atoms with Gasteiger partial charge in [-0.3, -0.25) is 0 Å². The van der Waals surface area contributed by atoms with Crippen molar-refractivity contribution in [2.24, 2.45) is 9.98 Å². The smallest absolute Gasteiger partial charge is 0.147 e. The molecule has 0 saturated heterocycles. The number of hydrogen-bond donors (Lipinski definition) is 0. The van der Waals surface area contributed by atoms with Gasteiger partial charge in [-0.25, -0.2) is 0 Å². The molecule has 2 heteroatoms. The number of aliphatic imine (C=N–C) groups is 2. The van der Waals surface area contributed by atoms with Crippen LogP contribution in [0.25, 0.3) is 0 Å². The van der Waals surface area contributed by atoms with Crippen molar-refractivity contribution in [3.8, 4) is 0 Å². The summed E-state index contributed by atoms with van der Waals surface area (Å²) in [5.41, 5.74) is 2.58. The van der Waals surface area contributed by atoms with E-state index in [1.807, 2.05) is 0 Å². The highest BCUT2D eigenvalue weighted by Crippen LogP contribution is 2.28. The summed E-state index contributed by atoms with van der Waals surface area (Å²) in [7, 11) is 0. The second-order valence-electron chi connectivity index (χ2n) is 6.52. The quantitative estimate of drug-likeness (QED) is 0.338. The molecule has 0 N–H and O–H groups in total. The van der Waals surface area contributed by atoms with E-state index < -0.39 is 0 Å². The highest BCUT2D eigenvalue weighted by atomic mass is 15.0. The van der Waals surface area contributed by atoms with Gasteiger partial charge in [-0.05, 0) is 36.5 Å². The molecule has 124 valence electrons. The number of nitrogens with zero attached hydrogens (tertiary/aromatic N) is 2. The Hall–Kier alpha value is -1.57. The Balaban J connectivity index is 1.74. The van der Waals surface area contributed by atoms with Crippen molar-refractivity contribution in [2.45, 2.75) is 77.6 Å². The average molecular weight is 311 g/mol. The third-order valence-electron chi connectivity index (χ3n) is 4.75. The SMILES string of the molecule is CCCCCCCCCC(CC)c1ccc([C+]2N=CC=N2)cc1. The minimum Gasteiger partial charge on any atom is -0.147 e. The van der Waals surface area contributed by atoms with Gasteiger partial charge in [-0.1, -0.05) is 58.8 Å². The Morgan fingerprint density at radius 3 is 2.04 bits per heavy atom. The lowest BCUT2D eigenvalue weighted by atomic mass is 9.90. The number of rotatable bonds is 11. The predicted octanol–water partition coefficient (Wildman–Crippen LogP) is 6.31. The lowest BCUT2D eigenvalue weighted by Crippen LogP contribution is -1.99. The summed E-state index contributed by atoms with van der Waals surface area (Å²) in [6.45, 7) is 4.58. The zero-order valence-corrected chi connectivity index (χ0v) is 14.8. The van der Waals surface area contributed by atoms with Gasteiger partial charge in [-0.15, -0.1) is 9.98 Å². The van der Waals surface area contributed by atoms with Crippen LogP contribution < -0.4 is 0 Å². The lowest BCUT2D eigenvalue weighted by Gasteiger charge is -2.15. The highest BCUT2D eigenvalue weighted by Gasteiger charge is 2.18. The van der Waals surface area contributed by atoms with Crippen LogP contribution in [0, 0.1) is 6.17 Å². The fourth-order valence-corrected chi connectivity index (χ4v) is 3.25. The van der Waals surface area contributed by atoms with Gasteiger partial charge in [0.1, 0.15) is 18.0 Å². The minimum absolute atomic E-state index is 0.695. The summed E-state index contributed by atoms with van der Waals surface area (Å²) in [4.78, 5) is 8.52. The normalized spacial score (nSPS) is 14.6. The molecule has 1 aromatic carbocycles. The van der Waals surface area contributed by atoms with E-state index in [2.05, 4.69) is 48.1 Å². The van der Waals surface area contributed by atoms with Crippen molar-refractivity contribution in [1.29, 1.82) is 0 Å². The van der Waals surface area contributed by atoms with Gasteiger partial charge in [-0.2, -0.15) is 0 Å². The van der Waals surface area contributed by atoms with Crippen molar-refractivity contribution < 1.29 is 0 Å². The van der Waals surface area contributed by atoms with Gasteiger partial charge >= 0.3 is 0 Å². The molecule has 0 bridgehead atoms. The van der Waals surface area contributed by atoms with Crippen LogP contribution >= 0.6 is 0 Å². The van der Waals surface area contributed by atoms with E-state index >= 15 is 0 Å². The largest absolute Gasteiger partial charge is 0.243 e. The van der Waals surface area contributed by atoms with Crippen LogP contribution in [0.15, 0.2) is 34.3 Å². The van der Waals surface area contributed by atoms with Gasteiger partial charge in [0.25, 0.3) is 0 Å². The molecule has 0 amide bonds. The molecule has 1 atom stereocenters. The van der Waals surface area contributed by atoms with Crippen LogP contribution in [0.5, 0.6) is 0 Å². The lowest BCUT2D eigenvalue weighted by molar-refractivity contribution is 0.525. The maximum absolute atomic E-state index is 4.26. The maximum atomic E-state index is 4.26. The molecule has 0 radical (unpaired) electrons. The van der Waals surface area contributed by atoms with Crippen LogP contribution in [-0.4, -0.2) is 12.4 Å². The molecule has 0 aliphatic carbocycles. The van der Waals surface area contributed by atoms with E-state index in [-0.39, 0.29) is 0 Å². The fourth-order valence-electron chi connectivity index (χ4n) is 3.25. The third kappa shape index (κ3) is 5.85. The molecular formula is C21H31N2+. The van der Waals surface area contributed by atoms with Gasteiger partial charge in [0.2, 0.25) is 6.17 Å². The molecule has 1 aromatic rings. The first-order chi connectivity index (χ1) is 11.3. The summed E-state index contributed by atoms with van der Waals surface area (Å²) >= 11 is 0. The van der Waals surface area contributed by atoms with E-state index in [0.29, 0.717) is 5.92 Å². The zero-order chi connectivity index (χ0) is 16.3. The molecule has 1 heterocycles. The first kappa shape index (κ1) is 17.8. The Kier molecular flexibility index (Phi) is 7.92. The first-order valence-electron chi connectivity index (χ1n) is 9.39. The van der Waals surface area contributed by atoms with Crippen molar-refractivity contribution in [3.05, 3.63) is 41.6 Å². The molecule has 1 unspecified atom stereocenters. The molecule has 0 spiro atoms. The topological polar surface area (TPSA) is 24.7 Å². The predicted molar refractivity (Wildman–Crippen MR) is 101 cm³/mol. The molecule has 23 heavy (non-hydrogen) atoms. The van der Waals surface area contributed by atoms with E-state index in [9.17, 15) is 0 Å². The zero-order valence-electron chi connectivity index (χ0n) is 14.8. The second-order valence-corrected chi connectivity index (χ2v) is 6.52. The number of benzene rings is 1. The summed E-state index contributed by atoms with van der Waals surface area (Å²) in [5.74, 6) is 0.695. The Morgan fingerprint density at radius 2 is 1.43 bits per heavy atom. The summed E-state index contributed by atoms with van der Waals surface area (Å²) in [6, 6.07) is 8.86. The van der Waals surface area contributed by atoms with Crippen LogP contribution in [0.1, 0.15) is 88.7 Å². The molecule has 2 rings (SSSR count). The fraction of sp³-hybridized carbons (Fsp3) is 0.571. The van der Waals surface area contributed by atoms with E-state index in [4.69, 9.17) is 0 Å². The third-order valence-corrected chi connectivity index (χ3v) is 4.75. The van der Waals surface area contributed by atoms with Crippen LogP contribution in [0.2, 0.25) is 0 Å². The number of hydrogen-bond acceptors (Lipinski definition) is 2. The average Bonchev–Trinajstić information content (AvgIpc) is 3.12. The highest BCUT2D eigenvalue weighted by molar-refractivity contribution is 6.18. The molecule has 0 fully saturated rings. The van der Waals surface area contributed by atoms with E-state index in [0.717, 1.165) is 11.7 Å². The molecular weight excluding hydrogens is 280 g/mol. The van der Waals surface area contributed by atoms with Gasteiger partial charge in [0.05, 0.1) is 0 Å². The molecule has 1 aliphatic heterocycles. The maximum Gasteiger partial charge on any atom is 0.243 e. The first-order valence-corrected chi connectivity index (χ1v) is 9.39. The van der Waals surface area contributed by atoms with Gasteiger partial charge < -0.3 is 0 Å². The molecule has 1 aliphatic rings. The van der Waals surface area contributed by atoms with Crippen molar-refractivity contribution in [2.75, 3.05) is 0 Å². The Morgan fingerprint density at radius 1 is 0.826 bits per heavy atom. The van der Waals surface area contributed by atoms with Crippen molar-refractivity contribution in [1.82, 2.24) is 0 Å². The molecule has 2 nitrogen and oxygen atoms in total. The van der Waals surface area contributed by atoms with Crippen LogP contribution in [-0.2, 0) is 0 Å².